The van der Waals surface area contributed by atoms with Gasteiger partial charge in [-0.1, -0.05) is 0 Å². The van der Waals surface area contributed by atoms with Gasteiger partial charge in [0.15, 0.2) is 9.84 Å². The molecule has 1 N–H and O–H groups in total. The van der Waals surface area contributed by atoms with Gasteiger partial charge >= 0.3 is 0 Å². The van der Waals surface area contributed by atoms with E-state index in [0.717, 1.165) is 19.3 Å². The van der Waals surface area contributed by atoms with Crippen LogP contribution in [0.2, 0.25) is 0 Å². The summed E-state index contributed by atoms with van der Waals surface area (Å²) in [7, 11) is -1.28. The maximum Gasteiger partial charge on any atom is 0.156 e. The number of rotatable bonds is 4. The van der Waals surface area contributed by atoms with Gasteiger partial charge in [0.25, 0.3) is 0 Å². The maximum absolute atomic E-state index is 11.9. The van der Waals surface area contributed by atoms with Crippen LogP contribution < -0.4 is 0 Å². The zero-order valence-corrected chi connectivity index (χ0v) is 10.5. The van der Waals surface area contributed by atoms with Crippen molar-refractivity contribution in [3.63, 3.8) is 0 Å². The van der Waals surface area contributed by atoms with Crippen molar-refractivity contribution in [2.75, 3.05) is 13.7 Å². The molecule has 0 aromatic heterocycles. The fraction of sp³-hybridized carbons (Fsp3) is 1.00. The van der Waals surface area contributed by atoms with Crippen molar-refractivity contribution >= 4 is 9.84 Å². The minimum absolute atomic E-state index is 0.293. The molecule has 2 unspecified atom stereocenters. The van der Waals surface area contributed by atoms with E-state index in [4.69, 9.17) is 4.74 Å². The van der Waals surface area contributed by atoms with Gasteiger partial charge < -0.3 is 9.84 Å². The van der Waals surface area contributed by atoms with E-state index >= 15 is 0 Å². The zero-order valence-electron chi connectivity index (χ0n) is 9.68. The summed E-state index contributed by atoms with van der Waals surface area (Å²) < 4.78 is 28.7. The Balaban J connectivity index is 2.01. The highest BCUT2D eigenvalue weighted by Gasteiger charge is 2.52. The van der Waals surface area contributed by atoms with E-state index in [0.29, 0.717) is 25.9 Å². The standard InChI is InChI=1S/C11H20O4S/c1-15-6-2-5-11(12)7-9-3-4-10(8-11)16(9,13)14/h9-10,12H,2-8H2,1H3. The van der Waals surface area contributed by atoms with Crippen molar-refractivity contribution in [2.24, 2.45) is 0 Å². The predicted octanol–water partition coefficient (Wildman–Crippen LogP) is 0.884. The fourth-order valence-corrected chi connectivity index (χ4v) is 5.65. The lowest BCUT2D eigenvalue weighted by Crippen LogP contribution is -2.45. The van der Waals surface area contributed by atoms with Gasteiger partial charge in [-0.3, -0.25) is 0 Å². The van der Waals surface area contributed by atoms with Crippen LogP contribution in [-0.4, -0.2) is 43.3 Å². The number of fused-ring (bicyclic) bond motifs is 2. The minimum atomic E-state index is -2.92. The first-order chi connectivity index (χ1) is 7.48. The van der Waals surface area contributed by atoms with Gasteiger partial charge in [-0.25, -0.2) is 8.42 Å². The Kier molecular flexibility index (Phi) is 3.29. The lowest BCUT2D eigenvalue weighted by Gasteiger charge is -2.36. The molecular formula is C11H20O4S. The van der Waals surface area contributed by atoms with Crippen LogP contribution in [-0.2, 0) is 14.6 Å². The molecule has 2 heterocycles. The number of aliphatic hydroxyl groups is 1. The Morgan fingerprint density at radius 1 is 1.31 bits per heavy atom. The summed E-state index contributed by atoms with van der Waals surface area (Å²) in [6.07, 6.45) is 3.78. The highest BCUT2D eigenvalue weighted by atomic mass is 32.2. The number of ether oxygens (including phenoxy) is 1. The number of sulfone groups is 1. The van der Waals surface area contributed by atoms with Crippen LogP contribution in [0, 0.1) is 0 Å². The summed E-state index contributed by atoms with van der Waals surface area (Å²) >= 11 is 0. The van der Waals surface area contributed by atoms with E-state index in [1.165, 1.54) is 0 Å². The van der Waals surface area contributed by atoms with E-state index in [-0.39, 0.29) is 10.5 Å². The fourth-order valence-electron chi connectivity index (χ4n) is 3.09. The summed E-state index contributed by atoms with van der Waals surface area (Å²) in [5.74, 6) is 0. The van der Waals surface area contributed by atoms with Crippen LogP contribution in [0.1, 0.15) is 38.5 Å². The van der Waals surface area contributed by atoms with E-state index in [2.05, 4.69) is 0 Å². The average Bonchev–Trinajstić information content (AvgIpc) is 2.40. The molecule has 2 fully saturated rings. The second-order valence-corrected chi connectivity index (χ2v) is 7.65. The quantitative estimate of drug-likeness (QED) is 0.750. The van der Waals surface area contributed by atoms with Gasteiger partial charge in [0.2, 0.25) is 0 Å². The molecule has 0 aromatic rings. The highest BCUT2D eigenvalue weighted by Crippen LogP contribution is 2.44. The first-order valence-electron chi connectivity index (χ1n) is 5.92. The molecular weight excluding hydrogens is 228 g/mol. The van der Waals surface area contributed by atoms with Crippen LogP contribution in [0.5, 0.6) is 0 Å². The number of hydrogen-bond acceptors (Lipinski definition) is 4. The lowest BCUT2D eigenvalue weighted by molar-refractivity contribution is 0.00568. The summed E-state index contributed by atoms with van der Waals surface area (Å²) in [4.78, 5) is 0. The second-order valence-electron chi connectivity index (χ2n) is 5.14. The Bertz CT molecular complexity index is 329. The molecule has 0 spiro atoms. The first kappa shape index (κ1) is 12.3. The van der Waals surface area contributed by atoms with Gasteiger partial charge in [0.1, 0.15) is 0 Å². The summed E-state index contributed by atoms with van der Waals surface area (Å²) in [6, 6.07) is 0. The van der Waals surface area contributed by atoms with Crippen molar-refractivity contribution in [2.45, 2.75) is 54.6 Å². The Morgan fingerprint density at radius 3 is 2.38 bits per heavy atom. The van der Waals surface area contributed by atoms with E-state index < -0.39 is 15.4 Å². The monoisotopic (exact) mass is 248 g/mol. The Hall–Kier alpha value is -0.130. The van der Waals surface area contributed by atoms with Crippen molar-refractivity contribution in [3.8, 4) is 0 Å². The van der Waals surface area contributed by atoms with E-state index in [9.17, 15) is 13.5 Å². The second kappa shape index (κ2) is 4.27. The molecule has 0 radical (unpaired) electrons. The molecule has 5 heteroatoms. The van der Waals surface area contributed by atoms with Crippen molar-refractivity contribution in [1.82, 2.24) is 0 Å². The van der Waals surface area contributed by atoms with Gasteiger partial charge in [-0.15, -0.1) is 0 Å². The topological polar surface area (TPSA) is 63.6 Å². The molecule has 4 nitrogen and oxygen atoms in total. The molecule has 0 saturated carbocycles. The molecule has 2 aliphatic heterocycles. The van der Waals surface area contributed by atoms with Crippen LogP contribution >= 0.6 is 0 Å². The van der Waals surface area contributed by atoms with Crippen molar-refractivity contribution < 1.29 is 18.3 Å². The molecule has 16 heavy (non-hydrogen) atoms. The third kappa shape index (κ3) is 2.13. The Morgan fingerprint density at radius 2 is 1.88 bits per heavy atom. The normalized spacial score (nSPS) is 41.1. The van der Waals surface area contributed by atoms with Crippen LogP contribution in [0.4, 0.5) is 0 Å². The lowest BCUT2D eigenvalue weighted by atomic mass is 9.89. The van der Waals surface area contributed by atoms with Crippen molar-refractivity contribution in [3.05, 3.63) is 0 Å². The molecule has 0 amide bonds. The molecule has 2 saturated heterocycles. The smallest absolute Gasteiger partial charge is 0.156 e. The largest absolute Gasteiger partial charge is 0.390 e. The molecule has 94 valence electrons. The summed E-state index contributed by atoms with van der Waals surface area (Å²) in [5.41, 5.74) is -0.768. The van der Waals surface area contributed by atoms with Gasteiger partial charge in [-0.05, 0) is 38.5 Å². The molecule has 2 atom stereocenters. The third-order valence-corrected chi connectivity index (χ3v) is 6.61. The van der Waals surface area contributed by atoms with Gasteiger partial charge in [0, 0.05) is 13.7 Å². The molecule has 2 bridgehead atoms. The number of methoxy groups -OCH3 is 1. The van der Waals surface area contributed by atoms with Gasteiger partial charge in [-0.2, -0.15) is 0 Å². The molecule has 0 aromatic carbocycles. The zero-order chi connectivity index (χ0) is 11.8. The maximum atomic E-state index is 11.9. The number of hydrogen-bond donors (Lipinski definition) is 1. The molecule has 2 aliphatic rings. The van der Waals surface area contributed by atoms with Crippen LogP contribution in [0.15, 0.2) is 0 Å². The van der Waals surface area contributed by atoms with Crippen LogP contribution in [0.25, 0.3) is 0 Å². The molecule has 0 aliphatic carbocycles. The Labute approximate surface area is 96.9 Å². The molecule has 2 rings (SSSR count). The summed E-state index contributed by atoms with van der Waals surface area (Å²) in [5, 5.41) is 9.81. The van der Waals surface area contributed by atoms with E-state index in [1.807, 2.05) is 0 Å². The SMILES string of the molecule is COCCCC1(O)CC2CCC(C1)S2(=O)=O. The van der Waals surface area contributed by atoms with Crippen molar-refractivity contribution in [1.29, 1.82) is 0 Å². The summed E-state index contributed by atoms with van der Waals surface area (Å²) in [6.45, 7) is 0.629. The third-order valence-electron chi connectivity index (χ3n) is 3.95. The first-order valence-corrected chi connectivity index (χ1v) is 7.53. The highest BCUT2D eigenvalue weighted by molar-refractivity contribution is 7.93. The predicted molar refractivity (Wildman–Crippen MR) is 61.0 cm³/mol. The minimum Gasteiger partial charge on any atom is -0.390 e. The van der Waals surface area contributed by atoms with E-state index in [1.54, 1.807) is 7.11 Å². The van der Waals surface area contributed by atoms with Crippen LogP contribution in [0.3, 0.4) is 0 Å². The van der Waals surface area contributed by atoms with Gasteiger partial charge in [0.05, 0.1) is 16.1 Å². The average molecular weight is 248 g/mol.